The van der Waals surface area contributed by atoms with Crippen LogP contribution in [0.3, 0.4) is 0 Å². The van der Waals surface area contributed by atoms with Gasteiger partial charge >= 0.3 is 0 Å². The van der Waals surface area contributed by atoms with Gasteiger partial charge in [-0.05, 0) is 55.7 Å². The average molecular weight is 462 g/mol. The number of anilines is 1. The fraction of sp³-hybridized carbons (Fsp3) is 0.435. The monoisotopic (exact) mass is 461 g/mol. The van der Waals surface area contributed by atoms with Crippen LogP contribution in [0.2, 0.25) is 0 Å². The molecule has 0 heterocycles. The molecule has 0 aromatic heterocycles. The van der Waals surface area contributed by atoms with E-state index in [9.17, 15) is 13.2 Å². The Morgan fingerprint density at radius 3 is 2.41 bits per heavy atom. The Labute approximate surface area is 190 Å². The number of nitrogens with zero attached hydrogens (tertiary/aromatic N) is 2. The Balaban J connectivity index is 1.75. The van der Waals surface area contributed by atoms with Gasteiger partial charge in [-0.15, -0.1) is 0 Å². The summed E-state index contributed by atoms with van der Waals surface area (Å²) in [4.78, 5) is 15.1. The van der Waals surface area contributed by atoms with Gasteiger partial charge in [-0.1, -0.05) is 6.07 Å². The first-order valence-corrected chi connectivity index (χ1v) is 11.9. The van der Waals surface area contributed by atoms with Crippen LogP contribution in [0.15, 0.2) is 41.3 Å². The summed E-state index contributed by atoms with van der Waals surface area (Å²) in [7, 11) is 2.61. The predicted molar refractivity (Wildman–Crippen MR) is 124 cm³/mol. The predicted octanol–water partition coefficient (Wildman–Crippen LogP) is 2.87. The van der Waals surface area contributed by atoms with Crippen molar-refractivity contribution in [1.29, 1.82) is 0 Å². The van der Waals surface area contributed by atoms with Gasteiger partial charge in [-0.2, -0.15) is 0 Å². The van der Waals surface area contributed by atoms with Gasteiger partial charge in [0.25, 0.3) is 0 Å². The average Bonchev–Trinajstić information content (AvgIpc) is 3.59. The van der Waals surface area contributed by atoms with E-state index in [-0.39, 0.29) is 17.3 Å². The van der Waals surface area contributed by atoms with Crippen LogP contribution in [0.1, 0.15) is 24.0 Å². The highest BCUT2D eigenvalue weighted by atomic mass is 32.2. The van der Waals surface area contributed by atoms with E-state index in [2.05, 4.69) is 10.2 Å². The van der Waals surface area contributed by atoms with E-state index in [1.54, 1.807) is 33.3 Å². The molecule has 0 saturated heterocycles. The largest absolute Gasteiger partial charge is 0.497 e. The van der Waals surface area contributed by atoms with Crippen LogP contribution in [0.5, 0.6) is 11.5 Å². The Hall–Kier alpha value is -2.62. The lowest BCUT2D eigenvalue weighted by molar-refractivity contribution is -0.117. The number of carbonyl (C=O) groups excluding carboxylic acids is 1. The minimum Gasteiger partial charge on any atom is -0.497 e. The van der Waals surface area contributed by atoms with E-state index >= 15 is 0 Å². The van der Waals surface area contributed by atoms with Crippen LogP contribution < -0.4 is 14.8 Å². The molecular formula is C23H31N3O5S. The van der Waals surface area contributed by atoms with Crippen LogP contribution in [0.4, 0.5) is 5.69 Å². The van der Waals surface area contributed by atoms with Gasteiger partial charge in [0, 0.05) is 37.9 Å². The number of hydrogen-bond donors (Lipinski definition) is 1. The fourth-order valence-electron chi connectivity index (χ4n) is 3.52. The van der Waals surface area contributed by atoms with E-state index < -0.39 is 10.0 Å². The summed E-state index contributed by atoms with van der Waals surface area (Å²) in [6, 6.07) is 10.9. The first kappa shape index (κ1) is 24.0. The maximum atomic E-state index is 12.8. The number of sulfonamides is 1. The van der Waals surface area contributed by atoms with Crippen molar-refractivity contribution in [2.75, 3.05) is 40.2 Å². The van der Waals surface area contributed by atoms with Gasteiger partial charge in [-0.25, -0.2) is 12.7 Å². The number of aryl methyl sites for hydroxylation is 1. The van der Waals surface area contributed by atoms with E-state index in [0.717, 1.165) is 34.2 Å². The molecule has 8 nitrogen and oxygen atoms in total. The third kappa shape index (κ3) is 5.59. The van der Waals surface area contributed by atoms with Crippen molar-refractivity contribution in [3.63, 3.8) is 0 Å². The molecule has 1 N–H and O–H groups in total. The molecule has 1 aliphatic rings. The summed E-state index contributed by atoms with van der Waals surface area (Å²) in [5.74, 6) is 1.28. The Kier molecular flexibility index (Phi) is 7.43. The molecule has 0 radical (unpaired) electrons. The lowest BCUT2D eigenvalue weighted by atomic mass is 10.1. The van der Waals surface area contributed by atoms with E-state index in [1.807, 2.05) is 18.2 Å². The normalized spacial score (nSPS) is 14.0. The maximum absolute atomic E-state index is 12.8. The molecule has 0 spiro atoms. The van der Waals surface area contributed by atoms with Crippen LogP contribution in [0, 0.1) is 6.92 Å². The second-order valence-corrected chi connectivity index (χ2v) is 10.3. The Bertz CT molecular complexity index is 1080. The second kappa shape index (κ2) is 9.89. The second-order valence-electron chi connectivity index (χ2n) is 8.13. The van der Waals surface area contributed by atoms with Gasteiger partial charge in [0.2, 0.25) is 15.9 Å². The van der Waals surface area contributed by atoms with Gasteiger partial charge < -0.3 is 14.8 Å². The van der Waals surface area contributed by atoms with Crippen molar-refractivity contribution in [1.82, 2.24) is 9.21 Å². The zero-order valence-electron chi connectivity index (χ0n) is 19.2. The highest BCUT2D eigenvalue weighted by molar-refractivity contribution is 7.89. The van der Waals surface area contributed by atoms with Crippen molar-refractivity contribution in [3.8, 4) is 11.5 Å². The molecule has 2 aromatic carbocycles. The molecule has 9 heteroatoms. The van der Waals surface area contributed by atoms with E-state index in [0.29, 0.717) is 23.8 Å². The first-order valence-electron chi connectivity index (χ1n) is 10.4. The maximum Gasteiger partial charge on any atom is 0.242 e. The molecule has 0 unspecified atom stereocenters. The minimum atomic E-state index is -3.60. The van der Waals surface area contributed by atoms with Crippen molar-refractivity contribution in [2.45, 2.75) is 37.2 Å². The summed E-state index contributed by atoms with van der Waals surface area (Å²) < 4.78 is 37.1. The molecule has 2 aromatic rings. The molecule has 0 atom stereocenters. The highest BCUT2D eigenvalue weighted by Gasteiger charge is 2.31. The Morgan fingerprint density at radius 1 is 1.09 bits per heavy atom. The molecule has 1 amide bonds. The molecule has 0 bridgehead atoms. The number of nitrogens with one attached hydrogen (secondary N) is 1. The SMILES string of the molecule is COc1ccc(OC)c(CN(CC(=O)Nc2ccc(C)c(S(=O)(=O)N(C)C)c2)C2CC2)c1. The molecule has 0 aliphatic heterocycles. The van der Waals surface area contributed by atoms with Crippen molar-refractivity contribution in [2.24, 2.45) is 0 Å². The zero-order valence-corrected chi connectivity index (χ0v) is 20.0. The van der Waals surface area contributed by atoms with Gasteiger partial charge in [0.05, 0.1) is 25.7 Å². The number of benzene rings is 2. The van der Waals surface area contributed by atoms with E-state index in [1.165, 1.54) is 20.2 Å². The third-order valence-electron chi connectivity index (χ3n) is 5.50. The Morgan fingerprint density at radius 2 is 1.81 bits per heavy atom. The van der Waals surface area contributed by atoms with Gasteiger partial charge in [-0.3, -0.25) is 9.69 Å². The molecule has 1 fully saturated rings. The third-order valence-corrected chi connectivity index (χ3v) is 7.46. The molecule has 174 valence electrons. The molecule has 1 aliphatic carbocycles. The summed E-state index contributed by atoms with van der Waals surface area (Å²) in [6.07, 6.45) is 2.07. The number of rotatable bonds is 10. The highest BCUT2D eigenvalue weighted by Crippen LogP contribution is 2.32. The number of hydrogen-bond acceptors (Lipinski definition) is 6. The topological polar surface area (TPSA) is 88.2 Å². The quantitative estimate of drug-likeness (QED) is 0.585. The summed E-state index contributed by atoms with van der Waals surface area (Å²) >= 11 is 0. The van der Waals surface area contributed by atoms with Crippen LogP contribution in [-0.2, 0) is 21.4 Å². The van der Waals surface area contributed by atoms with Crippen LogP contribution in [0.25, 0.3) is 0 Å². The van der Waals surface area contributed by atoms with Crippen molar-refractivity contribution < 1.29 is 22.7 Å². The lowest BCUT2D eigenvalue weighted by Crippen LogP contribution is -2.34. The van der Waals surface area contributed by atoms with Crippen molar-refractivity contribution in [3.05, 3.63) is 47.5 Å². The molecule has 3 rings (SSSR count). The van der Waals surface area contributed by atoms with Crippen molar-refractivity contribution >= 4 is 21.6 Å². The van der Waals surface area contributed by atoms with Crippen LogP contribution in [-0.4, -0.2) is 64.4 Å². The summed E-state index contributed by atoms with van der Waals surface area (Å²) in [6.45, 7) is 2.47. The summed E-state index contributed by atoms with van der Waals surface area (Å²) in [5.41, 5.74) is 2.03. The fourth-order valence-corrected chi connectivity index (χ4v) is 4.66. The zero-order chi connectivity index (χ0) is 23.5. The molecular weight excluding hydrogens is 430 g/mol. The first-order chi connectivity index (χ1) is 15.1. The summed E-state index contributed by atoms with van der Waals surface area (Å²) in [5, 5.41) is 2.85. The lowest BCUT2D eigenvalue weighted by Gasteiger charge is -2.23. The number of amides is 1. The van der Waals surface area contributed by atoms with Gasteiger partial charge in [0.15, 0.2) is 0 Å². The minimum absolute atomic E-state index is 0.181. The van der Waals surface area contributed by atoms with Crippen LogP contribution >= 0.6 is 0 Å². The smallest absolute Gasteiger partial charge is 0.242 e. The van der Waals surface area contributed by atoms with E-state index in [4.69, 9.17) is 9.47 Å². The molecule has 32 heavy (non-hydrogen) atoms. The van der Waals surface area contributed by atoms with Gasteiger partial charge in [0.1, 0.15) is 11.5 Å². The molecule has 1 saturated carbocycles. The standard InChI is InChI=1S/C23H31N3O5S/c1-16-6-7-18(13-22(16)32(28,29)25(2)3)24-23(27)15-26(19-8-9-19)14-17-12-20(30-4)10-11-21(17)31-5/h6-7,10-13,19H,8-9,14-15H2,1-5H3,(H,24,27). The number of ether oxygens (including phenoxy) is 2. The number of carbonyl (C=O) groups is 1. The number of methoxy groups -OCH3 is 2.